The number of carbonyl (C=O) groups is 2. The lowest BCUT2D eigenvalue weighted by molar-refractivity contribution is -0.122. The minimum Gasteiger partial charge on any atom is -0.496 e. The second-order valence-electron chi connectivity index (χ2n) is 9.04. The highest BCUT2D eigenvalue weighted by molar-refractivity contribution is 5.97. The maximum Gasteiger partial charge on any atom is 0.253 e. The number of fused-ring (bicyclic) bond motifs is 1. The molecule has 3 aromatic rings. The van der Waals surface area contributed by atoms with Crippen molar-refractivity contribution in [1.82, 2.24) is 15.2 Å². The van der Waals surface area contributed by atoms with E-state index in [0.717, 1.165) is 54.0 Å². The topological polar surface area (TPSA) is 84.7 Å². The summed E-state index contributed by atoms with van der Waals surface area (Å²) in [4.78, 5) is 31.9. The monoisotopic (exact) mass is 447 g/mol. The highest BCUT2D eigenvalue weighted by atomic mass is 16.5. The van der Waals surface area contributed by atoms with E-state index in [2.05, 4.69) is 10.3 Å². The summed E-state index contributed by atoms with van der Waals surface area (Å²) in [7, 11) is 1.63. The molecule has 2 heterocycles. The van der Waals surface area contributed by atoms with E-state index < -0.39 is 0 Å². The SMILES string of the molecule is COc1ccccc1CNC(=O)CC1CCN(C(=O)c2ccc3oc(C4CC4)nc3c2)CC1. The number of piperidine rings is 1. The van der Waals surface area contributed by atoms with Crippen LogP contribution in [0.1, 0.15) is 59.8 Å². The third kappa shape index (κ3) is 4.87. The van der Waals surface area contributed by atoms with Gasteiger partial charge in [0.25, 0.3) is 5.91 Å². The van der Waals surface area contributed by atoms with Crippen molar-refractivity contribution in [1.29, 1.82) is 0 Å². The van der Waals surface area contributed by atoms with Gasteiger partial charge in [-0.1, -0.05) is 18.2 Å². The smallest absolute Gasteiger partial charge is 0.253 e. The van der Waals surface area contributed by atoms with Crippen molar-refractivity contribution >= 4 is 22.9 Å². The van der Waals surface area contributed by atoms with Crippen molar-refractivity contribution in [2.75, 3.05) is 20.2 Å². The number of nitrogens with one attached hydrogen (secondary N) is 1. The molecule has 1 N–H and O–H groups in total. The molecule has 0 bridgehead atoms. The van der Waals surface area contributed by atoms with Gasteiger partial charge in [0.05, 0.1) is 7.11 Å². The molecule has 1 aliphatic carbocycles. The average Bonchev–Trinajstić information content (AvgIpc) is 3.61. The maximum atomic E-state index is 13.0. The fourth-order valence-electron chi connectivity index (χ4n) is 4.48. The zero-order valence-corrected chi connectivity index (χ0v) is 18.9. The number of benzene rings is 2. The molecule has 2 fully saturated rings. The number of para-hydroxylation sites is 1. The lowest BCUT2D eigenvalue weighted by Gasteiger charge is -2.31. The van der Waals surface area contributed by atoms with Gasteiger partial charge >= 0.3 is 0 Å². The van der Waals surface area contributed by atoms with Gasteiger partial charge in [0, 0.05) is 43.1 Å². The van der Waals surface area contributed by atoms with Crippen molar-refractivity contribution in [3.05, 3.63) is 59.5 Å². The van der Waals surface area contributed by atoms with Gasteiger partial charge < -0.3 is 19.4 Å². The Bertz CT molecular complexity index is 1160. The average molecular weight is 448 g/mol. The lowest BCUT2D eigenvalue weighted by Crippen LogP contribution is -2.39. The molecule has 1 aromatic heterocycles. The first kappa shape index (κ1) is 21.5. The van der Waals surface area contributed by atoms with Gasteiger partial charge in [0.1, 0.15) is 11.3 Å². The molecule has 0 atom stereocenters. The number of aromatic nitrogens is 1. The molecule has 1 saturated heterocycles. The van der Waals surface area contributed by atoms with Gasteiger partial charge in [-0.2, -0.15) is 0 Å². The van der Waals surface area contributed by atoms with Gasteiger partial charge in [0.15, 0.2) is 11.5 Å². The molecule has 1 aliphatic heterocycles. The van der Waals surface area contributed by atoms with Gasteiger partial charge in [0.2, 0.25) is 5.91 Å². The van der Waals surface area contributed by atoms with E-state index in [-0.39, 0.29) is 17.7 Å². The van der Waals surface area contributed by atoms with Gasteiger partial charge in [-0.25, -0.2) is 4.98 Å². The van der Waals surface area contributed by atoms with Crippen LogP contribution in [0.4, 0.5) is 0 Å². The molecule has 2 aromatic carbocycles. The van der Waals surface area contributed by atoms with Crippen LogP contribution >= 0.6 is 0 Å². The number of carbonyl (C=O) groups excluding carboxylic acids is 2. The van der Waals surface area contributed by atoms with Crippen LogP contribution in [0.15, 0.2) is 46.9 Å². The van der Waals surface area contributed by atoms with Crippen molar-refractivity contribution in [3.63, 3.8) is 0 Å². The van der Waals surface area contributed by atoms with Crippen LogP contribution in [0.5, 0.6) is 5.75 Å². The summed E-state index contributed by atoms with van der Waals surface area (Å²) in [6.45, 7) is 1.77. The molecule has 0 unspecified atom stereocenters. The minimum absolute atomic E-state index is 0.0203. The Morgan fingerprint density at radius 3 is 2.67 bits per heavy atom. The molecule has 0 spiro atoms. The van der Waals surface area contributed by atoms with E-state index in [9.17, 15) is 9.59 Å². The molecular weight excluding hydrogens is 418 g/mol. The Kier molecular flexibility index (Phi) is 6.03. The first-order chi connectivity index (χ1) is 16.1. The van der Waals surface area contributed by atoms with Crippen LogP contribution in [-0.2, 0) is 11.3 Å². The Balaban J connectivity index is 1.12. The van der Waals surface area contributed by atoms with E-state index in [1.54, 1.807) is 7.11 Å². The van der Waals surface area contributed by atoms with E-state index in [1.807, 2.05) is 47.4 Å². The Hall–Kier alpha value is -3.35. The number of hydrogen-bond acceptors (Lipinski definition) is 5. The summed E-state index contributed by atoms with van der Waals surface area (Å²) >= 11 is 0. The standard InChI is InChI=1S/C26H29N3O4/c1-32-22-5-3-2-4-20(22)16-27-24(30)14-17-10-12-29(13-11-17)26(31)19-8-9-23-21(15-19)28-25(33-23)18-6-7-18/h2-5,8-9,15,17-18H,6-7,10-14,16H2,1H3,(H,27,30). The number of ether oxygens (including phenoxy) is 1. The lowest BCUT2D eigenvalue weighted by atomic mass is 9.92. The second-order valence-corrected chi connectivity index (χ2v) is 9.04. The number of rotatable bonds is 7. The van der Waals surface area contributed by atoms with E-state index >= 15 is 0 Å². The van der Waals surface area contributed by atoms with Crippen molar-refractivity contribution in [2.24, 2.45) is 5.92 Å². The molecule has 7 nitrogen and oxygen atoms in total. The van der Waals surface area contributed by atoms with E-state index in [1.165, 1.54) is 0 Å². The van der Waals surface area contributed by atoms with Crippen LogP contribution in [-0.4, -0.2) is 41.9 Å². The fourth-order valence-corrected chi connectivity index (χ4v) is 4.48. The molecule has 5 rings (SSSR count). The van der Waals surface area contributed by atoms with Crippen LogP contribution < -0.4 is 10.1 Å². The number of hydrogen-bond donors (Lipinski definition) is 1. The summed E-state index contributed by atoms with van der Waals surface area (Å²) in [5.74, 6) is 2.35. The maximum absolute atomic E-state index is 13.0. The van der Waals surface area contributed by atoms with Crippen LogP contribution in [0, 0.1) is 5.92 Å². The molecule has 2 aliphatic rings. The summed E-state index contributed by atoms with van der Waals surface area (Å²) < 4.78 is 11.1. The Morgan fingerprint density at radius 2 is 1.91 bits per heavy atom. The number of nitrogens with zero attached hydrogens (tertiary/aromatic N) is 2. The third-order valence-electron chi connectivity index (χ3n) is 6.62. The summed E-state index contributed by atoms with van der Waals surface area (Å²) in [5.41, 5.74) is 3.10. The van der Waals surface area contributed by atoms with Crippen LogP contribution in [0.25, 0.3) is 11.1 Å². The molecule has 2 amide bonds. The zero-order valence-electron chi connectivity index (χ0n) is 18.9. The molecule has 1 saturated carbocycles. The molecule has 172 valence electrons. The van der Waals surface area contributed by atoms with Gasteiger partial charge in [-0.3, -0.25) is 9.59 Å². The number of methoxy groups -OCH3 is 1. The predicted octanol–water partition coefficient (Wildman–Crippen LogP) is 4.27. The summed E-state index contributed by atoms with van der Waals surface area (Å²) in [6.07, 6.45) is 4.39. The number of likely N-dealkylation sites (tertiary alicyclic amines) is 1. The number of amides is 2. The normalized spacial score (nSPS) is 16.7. The largest absolute Gasteiger partial charge is 0.496 e. The molecular formula is C26H29N3O4. The molecule has 33 heavy (non-hydrogen) atoms. The summed E-state index contributed by atoms with van der Waals surface area (Å²) in [6, 6.07) is 13.2. The van der Waals surface area contributed by atoms with Crippen LogP contribution in [0.3, 0.4) is 0 Å². The van der Waals surface area contributed by atoms with Gasteiger partial charge in [-0.15, -0.1) is 0 Å². The first-order valence-corrected chi connectivity index (χ1v) is 11.7. The van der Waals surface area contributed by atoms with Crippen LogP contribution in [0.2, 0.25) is 0 Å². The number of oxazole rings is 1. The van der Waals surface area contributed by atoms with E-state index in [4.69, 9.17) is 9.15 Å². The molecule has 0 radical (unpaired) electrons. The highest BCUT2D eigenvalue weighted by Gasteiger charge is 2.29. The quantitative estimate of drug-likeness (QED) is 0.585. The Morgan fingerprint density at radius 1 is 1.12 bits per heavy atom. The Labute approximate surface area is 193 Å². The minimum atomic E-state index is 0.0203. The van der Waals surface area contributed by atoms with Crippen molar-refractivity contribution in [3.8, 4) is 5.75 Å². The fraction of sp³-hybridized carbons (Fsp3) is 0.423. The predicted molar refractivity (Wildman–Crippen MR) is 124 cm³/mol. The van der Waals surface area contributed by atoms with Gasteiger partial charge in [-0.05, 0) is 55.9 Å². The van der Waals surface area contributed by atoms with Crippen molar-refractivity contribution in [2.45, 2.75) is 44.6 Å². The third-order valence-corrected chi connectivity index (χ3v) is 6.62. The van der Waals surface area contributed by atoms with E-state index in [0.29, 0.717) is 37.5 Å². The molecule has 7 heteroatoms. The second kappa shape index (κ2) is 9.25. The van der Waals surface area contributed by atoms with Crippen molar-refractivity contribution < 1.29 is 18.7 Å². The zero-order chi connectivity index (χ0) is 22.8. The first-order valence-electron chi connectivity index (χ1n) is 11.7. The summed E-state index contributed by atoms with van der Waals surface area (Å²) in [5, 5.41) is 3.00. The highest BCUT2D eigenvalue weighted by Crippen LogP contribution is 2.40.